The van der Waals surface area contributed by atoms with E-state index in [2.05, 4.69) is 25.2 Å². The first-order chi connectivity index (χ1) is 8.97. The van der Waals surface area contributed by atoms with Gasteiger partial charge in [-0.2, -0.15) is 0 Å². The van der Waals surface area contributed by atoms with Crippen LogP contribution in [0.15, 0.2) is 48.5 Å². The van der Waals surface area contributed by atoms with Gasteiger partial charge in [0.1, 0.15) is 19.6 Å². The number of nitrogen functional groups attached to an aromatic ring is 1. The molecule has 0 spiro atoms. The summed E-state index contributed by atoms with van der Waals surface area (Å²) in [5.74, 6) is 1.04. The minimum atomic E-state index is -1.64. The Labute approximate surface area is 114 Å². The van der Waals surface area contributed by atoms with Crippen LogP contribution in [0.1, 0.15) is 0 Å². The number of nitrogens with two attached hydrogens (primary N) is 1. The lowest BCUT2D eigenvalue weighted by molar-refractivity contribution is 0.378. The van der Waals surface area contributed by atoms with Crippen molar-refractivity contribution in [3.8, 4) is 11.5 Å². The summed E-state index contributed by atoms with van der Waals surface area (Å²) >= 11 is 0. The summed E-state index contributed by atoms with van der Waals surface area (Å²) in [6.07, 6.45) is 0.696. The van der Waals surface area contributed by atoms with Gasteiger partial charge in [-0.1, -0.05) is 30.4 Å². The quantitative estimate of drug-likeness (QED) is 0.665. The average molecular weight is 273 g/mol. The topological polar surface area (TPSA) is 55.5 Å². The molecule has 0 aromatic heterocycles. The lowest BCUT2D eigenvalue weighted by Gasteiger charge is -2.23. The molecule has 2 rings (SSSR count). The van der Waals surface area contributed by atoms with Crippen LogP contribution >= 0.6 is 0 Å². The SMILES string of the molecule is C[Si](C)(COc1ccc(O)cc1)c1ccc(N)cc1. The molecular weight excluding hydrogens is 254 g/mol. The van der Waals surface area contributed by atoms with Crippen LogP contribution in [-0.2, 0) is 0 Å². The second kappa shape index (κ2) is 5.36. The molecule has 0 bridgehead atoms. The number of aromatic hydroxyl groups is 1. The van der Waals surface area contributed by atoms with Crippen molar-refractivity contribution in [2.45, 2.75) is 13.1 Å². The van der Waals surface area contributed by atoms with E-state index in [0.717, 1.165) is 11.4 Å². The van der Waals surface area contributed by atoms with Gasteiger partial charge in [-0.3, -0.25) is 0 Å². The average Bonchev–Trinajstić information content (AvgIpc) is 2.39. The minimum absolute atomic E-state index is 0.252. The first-order valence-electron chi connectivity index (χ1n) is 6.25. The number of hydrogen-bond acceptors (Lipinski definition) is 3. The van der Waals surface area contributed by atoms with Crippen LogP contribution in [0.2, 0.25) is 13.1 Å². The Bertz CT molecular complexity index is 535. The highest BCUT2D eigenvalue weighted by atomic mass is 28.3. The van der Waals surface area contributed by atoms with E-state index in [0.29, 0.717) is 6.23 Å². The normalized spacial score (nSPS) is 11.3. The molecule has 0 atom stereocenters. The van der Waals surface area contributed by atoms with E-state index in [4.69, 9.17) is 10.5 Å². The van der Waals surface area contributed by atoms with Crippen molar-refractivity contribution < 1.29 is 9.84 Å². The van der Waals surface area contributed by atoms with Gasteiger partial charge in [-0.15, -0.1) is 0 Å². The lowest BCUT2D eigenvalue weighted by atomic mass is 10.3. The first-order valence-corrected chi connectivity index (χ1v) is 9.46. The van der Waals surface area contributed by atoms with E-state index in [1.807, 2.05) is 12.1 Å². The molecule has 0 heterocycles. The molecular formula is C15H19NO2Si. The number of phenolic OH excluding ortho intramolecular Hbond substituents is 1. The van der Waals surface area contributed by atoms with E-state index in [1.54, 1.807) is 24.3 Å². The molecule has 0 fully saturated rings. The number of ether oxygens (including phenoxy) is 1. The summed E-state index contributed by atoms with van der Waals surface area (Å²) in [4.78, 5) is 0. The number of benzene rings is 2. The molecule has 0 aliphatic heterocycles. The van der Waals surface area contributed by atoms with E-state index < -0.39 is 8.07 Å². The van der Waals surface area contributed by atoms with Gasteiger partial charge in [0, 0.05) is 5.69 Å². The Kier molecular flexibility index (Phi) is 3.81. The van der Waals surface area contributed by atoms with Gasteiger partial charge < -0.3 is 15.6 Å². The zero-order chi connectivity index (χ0) is 13.9. The summed E-state index contributed by atoms with van der Waals surface area (Å²) in [7, 11) is -1.64. The number of phenols is 1. The van der Waals surface area contributed by atoms with Crippen LogP contribution in [0.25, 0.3) is 0 Å². The van der Waals surface area contributed by atoms with Gasteiger partial charge in [0.2, 0.25) is 0 Å². The number of anilines is 1. The molecule has 0 unspecified atom stereocenters. The fourth-order valence-corrected chi connectivity index (χ4v) is 3.59. The van der Waals surface area contributed by atoms with Gasteiger partial charge in [-0.25, -0.2) is 0 Å². The summed E-state index contributed by atoms with van der Waals surface area (Å²) in [5.41, 5.74) is 6.49. The van der Waals surface area contributed by atoms with Gasteiger partial charge in [0.05, 0.1) is 6.23 Å². The monoisotopic (exact) mass is 273 g/mol. The van der Waals surface area contributed by atoms with Gasteiger partial charge in [-0.05, 0) is 36.4 Å². The molecule has 4 heteroatoms. The van der Waals surface area contributed by atoms with Crippen LogP contribution in [-0.4, -0.2) is 19.4 Å². The molecule has 0 amide bonds. The number of rotatable bonds is 4. The van der Waals surface area contributed by atoms with Crippen molar-refractivity contribution >= 4 is 18.9 Å². The van der Waals surface area contributed by atoms with Crippen LogP contribution in [0.5, 0.6) is 11.5 Å². The molecule has 3 N–H and O–H groups in total. The maximum atomic E-state index is 9.23. The van der Waals surface area contributed by atoms with Crippen molar-refractivity contribution in [2.75, 3.05) is 12.0 Å². The molecule has 0 saturated heterocycles. The zero-order valence-electron chi connectivity index (χ0n) is 11.3. The molecule has 0 aliphatic carbocycles. The number of hydrogen-bond donors (Lipinski definition) is 2. The third-order valence-corrected chi connectivity index (χ3v) is 5.89. The molecule has 19 heavy (non-hydrogen) atoms. The fourth-order valence-electron chi connectivity index (χ4n) is 1.82. The highest BCUT2D eigenvalue weighted by molar-refractivity contribution is 6.89. The van der Waals surface area contributed by atoms with E-state index in [1.165, 1.54) is 5.19 Å². The summed E-state index contributed by atoms with van der Waals surface area (Å²) < 4.78 is 5.83. The predicted molar refractivity (Wildman–Crippen MR) is 81.6 cm³/mol. The van der Waals surface area contributed by atoms with Crippen molar-refractivity contribution in [3.05, 3.63) is 48.5 Å². The molecule has 0 aliphatic rings. The molecule has 0 radical (unpaired) electrons. The van der Waals surface area contributed by atoms with E-state index >= 15 is 0 Å². The van der Waals surface area contributed by atoms with Gasteiger partial charge in [0.25, 0.3) is 0 Å². The maximum absolute atomic E-state index is 9.23. The maximum Gasteiger partial charge on any atom is 0.124 e. The summed E-state index contributed by atoms with van der Waals surface area (Å²) in [6, 6.07) is 14.9. The zero-order valence-corrected chi connectivity index (χ0v) is 12.3. The standard InChI is InChI=1S/C15H19NO2Si/c1-19(2,15-9-3-12(16)4-10-15)11-18-14-7-5-13(17)6-8-14/h3-10,17H,11,16H2,1-2H3. The predicted octanol–water partition coefficient (Wildman–Crippen LogP) is 2.51. The molecule has 2 aromatic rings. The summed E-state index contributed by atoms with van der Waals surface area (Å²) in [5, 5.41) is 10.5. The second-order valence-electron chi connectivity index (χ2n) is 5.29. The highest BCUT2D eigenvalue weighted by Crippen LogP contribution is 2.17. The molecule has 100 valence electrons. The van der Waals surface area contributed by atoms with Gasteiger partial charge >= 0.3 is 0 Å². The minimum Gasteiger partial charge on any atom is -0.508 e. The third kappa shape index (κ3) is 3.51. The van der Waals surface area contributed by atoms with Gasteiger partial charge in [0.15, 0.2) is 0 Å². The van der Waals surface area contributed by atoms with Crippen molar-refractivity contribution in [1.29, 1.82) is 0 Å². The molecule has 3 nitrogen and oxygen atoms in total. The Morgan fingerprint density at radius 3 is 2.16 bits per heavy atom. The van der Waals surface area contributed by atoms with Crippen LogP contribution in [0.4, 0.5) is 5.69 Å². The largest absolute Gasteiger partial charge is 0.508 e. The van der Waals surface area contributed by atoms with Crippen LogP contribution < -0.4 is 15.7 Å². The van der Waals surface area contributed by atoms with Crippen molar-refractivity contribution in [2.24, 2.45) is 0 Å². The first kappa shape index (κ1) is 13.5. The Hall–Kier alpha value is -1.94. The highest BCUT2D eigenvalue weighted by Gasteiger charge is 2.24. The van der Waals surface area contributed by atoms with Crippen molar-refractivity contribution in [1.82, 2.24) is 0 Å². The third-order valence-electron chi connectivity index (χ3n) is 3.13. The fraction of sp³-hybridized carbons (Fsp3) is 0.200. The van der Waals surface area contributed by atoms with Crippen LogP contribution in [0, 0.1) is 0 Å². The Morgan fingerprint density at radius 2 is 1.58 bits per heavy atom. The Balaban J connectivity index is 2.04. The second-order valence-corrected chi connectivity index (χ2v) is 9.92. The molecule has 0 saturated carbocycles. The smallest absolute Gasteiger partial charge is 0.124 e. The lowest BCUT2D eigenvalue weighted by Crippen LogP contribution is -2.47. The summed E-state index contributed by atoms with van der Waals surface area (Å²) in [6.45, 7) is 4.53. The van der Waals surface area contributed by atoms with E-state index in [9.17, 15) is 5.11 Å². The van der Waals surface area contributed by atoms with E-state index in [-0.39, 0.29) is 5.75 Å². The Morgan fingerprint density at radius 1 is 1.00 bits per heavy atom. The molecule has 2 aromatic carbocycles. The van der Waals surface area contributed by atoms with Crippen molar-refractivity contribution in [3.63, 3.8) is 0 Å². The van der Waals surface area contributed by atoms with Crippen LogP contribution in [0.3, 0.4) is 0 Å².